The summed E-state index contributed by atoms with van der Waals surface area (Å²) in [5.41, 5.74) is 0. The molecular formula is C14H26OS2. The number of carbonyl (C=O) groups excluding carboxylic acids is 1. The highest BCUT2D eigenvalue weighted by Crippen LogP contribution is 2.18. The van der Waals surface area contributed by atoms with Gasteiger partial charge in [0.1, 0.15) is 0 Å². The molecule has 0 rings (SSSR count). The van der Waals surface area contributed by atoms with Crippen molar-refractivity contribution in [3.8, 4) is 0 Å². The molecule has 0 spiro atoms. The molecule has 0 saturated heterocycles. The van der Waals surface area contributed by atoms with E-state index in [1.807, 2.05) is 11.8 Å². The zero-order valence-corrected chi connectivity index (χ0v) is 13.2. The molecule has 3 heteroatoms. The van der Waals surface area contributed by atoms with E-state index >= 15 is 0 Å². The van der Waals surface area contributed by atoms with Crippen molar-refractivity contribution in [1.82, 2.24) is 0 Å². The fraction of sp³-hybridized carbons (Fsp3) is 0.786. The number of carbonyl (C=O) groups is 1. The molecule has 0 bridgehead atoms. The van der Waals surface area contributed by atoms with Gasteiger partial charge in [0.15, 0.2) is 6.29 Å². The predicted molar refractivity (Wildman–Crippen MR) is 82.8 cm³/mol. The summed E-state index contributed by atoms with van der Waals surface area (Å²) < 4.78 is 0. The van der Waals surface area contributed by atoms with E-state index in [1.165, 1.54) is 18.6 Å². The Labute approximate surface area is 115 Å². The first kappa shape index (κ1) is 17.1. The Morgan fingerprint density at radius 2 is 1.65 bits per heavy atom. The molecular weight excluding hydrogens is 248 g/mol. The van der Waals surface area contributed by atoms with Gasteiger partial charge >= 0.3 is 0 Å². The molecule has 0 aliphatic rings. The standard InChI is InChI=1S/C14H26OS2/c1-12(2)5-8-16-9-7-14(11-15)17-10-6-13(3)4/h7,11-13H,5-6,8-10H2,1-4H3. The minimum Gasteiger partial charge on any atom is -0.297 e. The molecule has 100 valence electrons. The highest BCUT2D eigenvalue weighted by Gasteiger charge is 1.99. The second-order valence-electron chi connectivity index (χ2n) is 5.01. The van der Waals surface area contributed by atoms with E-state index in [2.05, 4.69) is 33.8 Å². The molecule has 17 heavy (non-hydrogen) atoms. The Morgan fingerprint density at radius 1 is 1.06 bits per heavy atom. The van der Waals surface area contributed by atoms with Crippen LogP contribution in [0.15, 0.2) is 11.0 Å². The summed E-state index contributed by atoms with van der Waals surface area (Å²) in [7, 11) is 0. The smallest absolute Gasteiger partial charge is 0.156 e. The lowest BCUT2D eigenvalue weighted by atomic mass is 10.2. The molecule has 0 aromatic heterocycles. The fourth-order valence-corrected chi connectivity index (χ4v) is 3.40. The van der Waals surface area contributed by atoms with Crippen LogP contribution in [-0.2, 0) is 4.79 Å². The molecule has 0 radical (unpaired) electrons. The molecule has 1 nitrogen and oxygen atoms in total. The maximum Gasteiger partial charge on any atom is 0.156 e. The minimum absolute atomic E-state index is 0.718. The van der Waals surface area contributed by atoms with Crippen LogP contribution >= 0.6 is 23.5 Å². The topological polar surface area (TPSA) is 17.1 Å². The van der Waals surface area contributed by atoms with Crippen molar-refractivity contribution in [3.05, 3.63) is 11.0 Å². The summed E-state index contributed by atoms with van der Waals surface area (Å²) in [6, 6.07) is 0. The monoisotopic (exact) mass is 274 g/mol. The molecule has 0 heterocycles. The Morgan fingerprint density at radius 3 is 2.18 bits per heavy atom. The van der Waals surface area contributed by atoms with E-state index in [0.29, 0.717) is 0 Å². The summed E-state index contributed by atoms with van der Waals surface area (Å²) in [6.45, 7) is 8.92. The summed E-state index contributed by atoms with van der Waals surface area (Å²) in [6.07, 6.45) is 5.50. The zero-order chi connectivity index (χ0) is 13.1. The molecule has 0 N–H and O–H groups in total. The van der Waals surface area contributed by atoms with E-state index in [-0.39, 0.29) is 0 Å². The third-order valence-corrected chi connectivity index (χ3v) is 4.28. The Bertz CT molecular complexity index is 222. The van der Waals surface area contributed by atoms with Gasteiger partial charge in [0, 0.05) is 10.7 Å². The SMILES string of the molecule is CC(C)CCSCC=C(C=O)SCCC(C)C. The summed E-state index contributed by atoms with van der Waals surface area (Å²) in [4.78, 5) is 11.8. The van der Waals surface area contributed by atoms with Crippen LogP contribution in [0.4, 0.5) is 0 Å². The van der Waals surface area contributed by atoms with Crippen LogP contribution < -0.4 is 0 Å². The lowest BCUT2D eigenvalue weighted by Gasteiger charge is -2.04. The molecule has 0 aromatic rings. The van der Waals surface area contributed by atoms with Gasteiger partial charge < -0.3 is 0 Å². The average Bonchev–Trinajstić information content (AvgIpc) is 2.25. The van der Waals surface area contributed by atoms with Crippen molar-refractivity contribution in [3.63, 3.8) is 0 Å². The predicted octanol–water partition coefficient (Wildman–Crippen LogP) is 4.63. The van der Waals surface area contributed by atoms with Gasteiger partial charge in [-0.3, -0.25) is 4.79 Å². The van der Waals surface area contributed by atoms with Crippen molar-refractivity contribution in [2.24, 2.45) is 11.8 Å². The third kappa shape index (κ3) is 12.4. The minimum atomic E-state index is 0.718. The molecule has 0 saturated carbocycles. The van der Waals surface area contributed by atoms with Crippen LogP contribution in [0.25, 0.3) is 0 Å². The van der Waals surface area contributed by atoms with Crippen LogP contribution in [0.3, 0.4) is 0 Å². The van der Waals surface area contributed by atoms with E-state index in [9.17, 15) is 4.79 Å². The van der Waals surface area contributed by atoms with E-state index in [4.69, 9.17) is 0 Å². The number of aldehydes is 1. The third-order valence-electron chi connectivity index (χ3n) is 2.32. The van der Waals surface area contributed by atoms with Crippen molar-refractivity contribution >= 4 is 29.8 Å². The Kier molecular flexibility index (Phi) is 11.3. The lowest BCUT2D eigenvalue weighted by molar-refractivity contribution is -0.104. The normalized spacial score (nSPS) is 12.5. The highest BCUT2D eigenvalue weighted by molar-refractivity contribution is 8.04. The molecule has 0 aliphatic carbocycles. The van der Waals surface area contributed by atoms with Gasteiger partial charge in [0.2, 0.25) is 0 Å². The lowest BCUT2D eigenvalue weighted by Crippen LogP contribution is -1.92. The van der Waals surface area contributed by atoms with Gasteiger partial charge in [0.05, 0.1) is 0 Å². The number of hydrogen-bond acceptors (Lipinski definition) is 3. The van der Waals surface area contributed by atoms with Crippen molar-refractivity contribution < 1.29 is 4.79 Å². The second-order valence-corrected chi connectivity index (χ2v) is 7.33. The summed E-state index contributed by atoms with van der Waals surface area (Å²) >= 11 is 3.61. The van der Waals surface area contributed by atoms with Crippen LogP contribution in [0, 0.1) is 11.8 Å². The van der Waals surface area contributed by atoms with Gasteiger partial charge in [-0.1, -0.05) is 33.8 Å². The van der Waals surface area contributed by atoms with Gasteiger partial charge in [-0.15, -0.1) is 11.8 Å². The number of hydrogen-bond donors (Lipinski definition) is 0. The first-order chi connectivity index (χ1) is 8.06. The number of rotatable bonds is 10. The summed E-state index contributed by atoms with van der Waals surface area (Å²) in [5, 5.41) is 0. The molecule has 0 atom stereocenters. The first-order valence-electron chi connectivity index (χ1n) is 6.42. The van der Waals surface area contributed by atoms with Crippen molar-refractivity contribution in [2.45, 2.75) is 40.5 Å². The van der Waals surface area contributed by atoms with E-state index in [1.54, 1.807) is 11.8 Å². The second kappa shape index (κ2) is 11.2. The van der Waals surface area contributed by atoms with E-state index in [0.717, 1.165) is 34.5 Å². The fourth-order valence-electron chi connectivity index (χ4n) is 1.10. The van der Waals surface area contributed by atoms with Gasteiger partial charge in [-0.05, 0) is 36.2 Å². The Hall–Kier alpha value is 0.110. The Balaban J connectivity index is 3.66. The van der Waals surface area contributed by atoms with E-state index < -0.39 is 0 Å². The number of thioether (sulfide) groups is 2. The van der Waals surface area contributed by atoms with Crippen LogP contribution in [-0.4, -0.2) is 23.5 Å². The first-order valence-corrected chi connectivity index (χ1v) is 8.56. The maximum atomic E-state index is 10.9. The molecule has 0 aromatic carbocycles. The van der Waals surface area contributed by atoms with Gasteiger partial charge in [-0.2, -0.15) is 11.8 Å². The van der Waals surface area contributed by atoms with Gasteiger partial charge in [-0.25, -0.2) is 0 Å². The largest absolute Gasteiger partial charge is 0.297 e. The molecule has 0 fully saturated rings. The van der Waals surface area contributed by atoms with Gasteiger partial charge in [0.25, 0.3) is 0 Å². The average molecular weight is 274 g/mol. The maximum absolute atomic E-state index is 10.9. The quantitative estimate of drug-likeness (QED) is 0.328. The molecule has 0 aliphatic heterocycles. The molecule has 0 amide bonds. The highest BCUT2D eigenvalue weighted by atomic mass is 32.2. The molecule has 0 unspecified atom stereocenters. The van der Waals surface area contributed by atoms with Crippen molar-refractivity contribution in [2.75, 3.05) is 17.3 Å². The summed E-state index contributed by atoms with van der Waals surface area (Å²) in [5.74, 6) is 4.71. The van der Waals surface area contributed by atoms with Crippen LogP contribution in [0.1, 0.15) is 40.5 Å². The van der Waals surface area contributed by atoms with Crippen molar-refractivity contribution in [1.29, 1.82) is 0 Å². The zero-order valence-electron chi connectivity index (χ0n) is 11.6. The van der Waals surface area contributed by atoms with Crippen LogP contribution in [0.5, 0.6) is 0 Å². The number of allylic oxidation sites excluding steroid dienone is 1. The van der Waals surface area contributed by atoms with Crippen LogP contribution in [0.2, 0.25) is 0 Å².